The van der Waals surface area contributed by atoms with Crippen LogP contribution in [0.15, 0.2) is 0 Å². The molecule has 1 heterocycles. The second kappa shape index (κ2) is 6.74. The van der Waals surface area contributed by atoms with Crippen LogP contribution in [-0.4, -0.2) is 36.7 Å². The number of ether oxygens (including phenoxy) is 3. The average molecular weight is 395 g/mol. The Morgan fingerprint density at radius 3 is 2.43 bits per heavy atom. The Kier molecular flexibility index (Phi) is 5.08. The normalized spacial score (nSPS) is 35.6. The van der Waals surface area contributed by atoms with E-state index in [-0.39, 0.29) is 35.7 Å². The van der Waals surface area contributed by atoms with Gasteiger partial charge >= 0.3 is 17.9 Å². The molecule has 3 aliphatic rings. The number of hydrogen-bond donors (Lipinski definition) is 0. The van der Waals surface area contributed by atoms with Crippen LogP contribution in [-0.2, 0) is 28.6 Å². The van der Waals surface area contributed by atoms with Crippen molar-refractivity contribution in [2.75, 3.05) is 6.61 Å². The lowest BCUT2D eigenvalue weighted by Gasteiger charge is -2.39. The molecule has 3 rings (SSSR count). The third-order valence-electron chi connectivity index (χ3n) is 7.09. The first kappa shape index (κ1) is 21.1. The Bertz CT molecular complexity index is 677. The molecule has 6 nitrogen and oxygen atoms in total. The number of hydrogen-bond acceptors (Lipinski definition) is 6. The smallest absolute Gasteiger partial charge is 0.324 e. The van der Waals surface area contributed by atoms with Crippen LogP contribution in [0.2, 0.25) is 0 Å². The fourth-order valence-electron chi connectivity index (χ4n) is 5.56. The standard InChI is InChI=1S/C22H34O6/c1-8-26-18(24)22-10-13-9-14(22)16(28-19(22)25)15(13)27-17(23)21(7,12(2)3)11-20(4,5)6/h12-16H,8-11H2,1-7H3. The number of fused-ring (bicyclic) bond motifs is 1. The Balaban J connectivity index is 1.79. The van der Waals surface area contributed by atoms with Gasteiger partial charge in [0.1, 0.15) is 12.2 Å². The van der Waals surface area contributed by atoms with Gasteiger partial charge in [0.15, 0.2) is 5.41 Å². The van der Waals surface area contributed by atoms with E-state index in [9.17, 15) is 14.4 Å². The Hall–Kier alpha value is -1.59. The first-order valence-corrected chi connectivity index (χ1v) is 10.5. The maximum atomic E-state index is 13.2. The highest BCUT2D eigenvalue weighted by atomic mass is 16.6. The van der Waals surface area contributed by atoms with E-state index in [0.29, 0.717) is 19.3 Å². The highest BCUT2D eigenvalue weighted by Gasteiger charge is 2.75. The van der Waals surface area contributed by atoms with Gasteiger partial charge in [0, 0.05) is 11.8 Å². The summed E-state index contributed by atoms with van der Waals surface area (Å²) in [4.78, 5) is 38.4. The molecule has 1 saturated heterocycles. The van der Waals surface area contributed by atoms with Crippen molar-refractivity contribution in [1.82, 2.24) is 0 Å². The van der Waals surface area contributed by atoms with Gasteiger partial charge in [-0.15, -0.1) is 0 Å². The van der Waals surface area contributed by atoms with Gasteiger partial charge in [0.25, 0.3) is 0 Å². The predicted octanol–water partition coefficient (Wildman–Crippen LogP) is 3.51. The second-order valence-electron chi connectivity index (χ2n) is 10.5. The van der Waals surface area contributed by atoms with Crippen molar-refractivity contribution < 1.29 is 28.6 Å². The molecular weight excluding hydrogens is 360 g/mol. The minimum atomic E-state index is -1.19. The van der Waals surface area contributed by atoms with Crippen molar-refractivity contribution in [3.8, 4) is 0 Å². The average Bonchev–Trinajstić information content (AvgIpc) is 3.15. The molecule has 0 spiro atoms. The molecule has 3 fully saturated rings. The summed E-state index contributed by atoms with van der Waals surface area (Å²) in [6, 6.07) is 0. The summed E-state index contributed by atoms with van der Waals surface area (Å²) in [5.41, 5.74) is -1.84. The lowest BCUT2D eigenvalue weighted by atomic mass is 9.68. The molecule has 2 aliphatic carbocycles. The largest absolute Gasteiger partial charge is 0.465 e. The molecule has 6 atom stereocenters. The van der Waals surface area contributed by atoms with Gasteiger partial charge in [-0.05, 0) is 44.4 Å². The third-order valence-corrected chi connectivity index (χ3v) is 7.09. The lowest BCUT2D eigenvalue weighted by molar-refractivity contribution is -0.175. The Morgan fingerprint density at radius 1 is 1.25 bits per heavy atom. The monoisotopic (exact) mass is 394 g/mol. The molecule has 6 heteroatoms. The first-order chi connectivity index (χ1) is 12.9. The molecule has 2 saturated carbocycles. The van der Waals surface area contributed by atoms with Crippen molar-refractivity contribution >= 4 is 17.9 Å². The van der Waals surface area contributed by atoms with E-state index in [1.165, 1.54) is 0 Å². The molecule has 2 bridgehead atoms. The zero-order valence-corrected chi connectivity index (χ0v) is 18.2. The van der Waals surface area contributed by atoms with E-state index in [1.54, 1.807) is 6.92 Å². The van der Waals surface area contributed by atoms with Crippen molar-refractivity contribution in [3.63, 3.8) is 0 Å². The van der Waals surface area contributed by atoms with Gasteiger partial charge in [-0.25, -0.2) is 0 Å². The number of carbonyl (C=O) groups excluding carboxylic acids is 3. The summed E-state index contributed by atoms with van der Waals surface area (Å²) in [5, 5.41) is 0. The van der Waals surface area contributed by atoms with E-state index in [1.807, 2.05) is 20.8 Å². The number of esters is 3. The molecule has 6 unspecified atom stereocenters. The lowest BCUT2D eigenvalue weighted by Crippen LogP contribution is -2.47. The molecule has 1 aliphatic heterocycles. The molecule has 0 radical (unpaired) electrons. The van der Waals surface area contributed by atoms with Crippen molar-refractivity contribution in [1.29, 1.82) is 0 Å². The zero-order chi connectivity index (χ0) is 21.1. The number of rotatable bonds is 6. The van der Waals surface area contributed by atoms with Gasteiger partial charge in [0.05, 0.1) is 12.0 Å². The second-order valence-corrected chi connectivity index (χ2v) is 10.5. The fourth-order valence-corrected chi connectivity index (χ4v) is 5.56. The summed E-state index contributed by atoms with van der Waals surface area (Å²) in [7, 11) is 0. The quantitative estimate of drug-likeness (QED) is 0.390. The summed E-state index contributed by atoms with van der Waals surface area (Å²) < 4.78 is 16.8. The van der Waals surface area contributed by atoms with E-state index in [2.05, 4.69) is 20.8 Å². The Labute approximate surface area is 167 Å². The minimum Gasteiger partial charge on any atom is -0.465 e. The maximum Gasteiger partial charge on any atom is 0.324 e. The highest BCUT2D eigenvalue weighted by molar-refractivity contribution is 6.03. The Morgan fingerprint density at radius 2 is 1.89 bits per heavy atom. The highest BCUT2D eigenvalue weighted by Crippen LogP contribution is 2.63. The van der Waals surface area contributed by atoms with Gasteiger partial charge in [-0.2, -0.15) is 0 Å². The molecule has 0 aromatic rings. The molecule has 158 valence electrons. The van der Waals surface area contributed by atoms with Crippen LogP contribution < -0.4 is 0 Å². The molecule has 0 aromatic heterocycles. The zero-order valence-electron chi connectivity index (χ0n) is 18.2. The molecule has 0 amide bonds. The van der Waals surface area contributed by atoms with Crippen molar-refractivity contribution in [2.24, 2.45) is 34.0 Å². The van der Waals surface area contributed by atoms with Crippen LogP contribution in [0, 0.1) is 34.0 Å². The van der Waals surface area contributed by atoms with E-state index < -0.39 is 35.0 Å². The maximum absolute atomic E-state index is 13.2. The first-order valence-electron chi connectivity index (χ1n) is 10.5. The van der Waals surface area contributed by atoms with Gasteiger partial charge in [0.2, 0.25) is 0 Å². The van der Waals surface area contributed by atoms with Crippen molar-refractivity contribution in [3.05, 3.63) is 0 Å². The summed E-state index contributed by atoms with van der Waals surface area (Å²) in [5.74, 6) is -1.42. The van der Waals surface area contributed by atoms with E-state index in [4.69, 9.17) is 14.2 Å². The van der Waals surface area contributed by atoms with Crippen LogP contribution in [0.4, 0.5) is 0 Å². The summed E-state index contributed by atoms with van der Waals surface area (Å²) in [6.45, 7) is 14.3. The summed E-state index contributed by atoms with van der Waals surface area (Å²) in [6.07, 6.45) is 0.705. The van der Waals surface area contributed by atoms with E-state index >= 15 is 0 Å². The summed E-state index contributed by atoms with van der Waals surface area (Å²) >= 11 is 0. The predicted molar refractivity (Wildman–Crippen MR) is 102 cm³/mol. The van der Waals surface area contributed by atoms with Crippen LogP contribution in [0.3, 0.4) is 0 Å². The van der Waals surface area contributed by atoms with Crippen molar-refractivity contribution in [2.45, 2.75) is 79.9 Å². The SMILES string of the molecule is CCOC(=O)C12CC3CC1C(OC2=O)C3OC(=O)C(C)(CC(C)(C)C)C(C)C. The van der Waals surface area contributed by atoms with Crippen LogP contribution in [0.5, 0.6) is 0 Å². The third kappa shape index (κ3) is 3.03. The van der Waals surface area contributed by atoms with E-state index in [0.717, 1.165) is 0 Å². The number of carbonyl (C=O) groups is 3. The minimum absolute atomic E-state index is 0.0222. The fraction of sp³-hybridized carbons (Fsp3) is 0.864. The molecule has 0 aromatic carbocycles. The van der Waals surface area contributed by atoms with Gasteiger partial charge in [-0.1, -0.05) is 34.6 Å². The molecule has 28 heavy (non-hydrogen) atoms. The molecule has 0 N–H and O–H groups in total. The topological polar surface area (TPSA) is 78.9 Å². The molecular formula is C22H34O6. The van der Waals surface area contributed by atoms with Crippen LogP contribution in [0.1, 0.15) is 67.7 Å². The van der Waals surface area contributed by atoms with Crippen LogP contribution >= 0.6 is 0 Å². The van der Waals surface area contributed by atoms with Gasteiger partial charge in [-0.3, -0.25) is 14.4 Å². The van der Waals surface area contributed by atoms with Crippen LogP contribution in [0.25, 0.3) is 0 Å². The van der Waals surface area contributed by atoms with Gasteiger partial charge < -0.3 is 14.2 Å².